The molecule has 7 nitrogen and oxygen atoms in total. The van der Waals surface area contributed by atoms with Crippen molar-refractivity contribution >= 4 is 39.2 Å². The van der Waals surface area contributed by atoms with E-state index in [0.29, 0.717) is 5.69 Å². The Balaban J connectivity index is 1.83. The molecule has 0 aliphatic heterocycles. The van der Waals surface area contributed by atoms with Gasteiger partial charge in [0.1, 0.15) is 0 Å². The molecular weight excluding hydrogens is 282 g/mol. The lowest BCUT2D eigenvalue weighted by Gasteiger charge is -2.09. The van der Waals surface area contributed by atoms with Gasteiger partial charge in [0.05, 0.1) is 15.7 Å². The lowest BCUT2D eigenvalue weighted by molar-refractivity contribution is -0.146. The van der Waals surface area contributed by atoms with Gasteiger partial charge in [0, 0.05) is 18.7 Å². The smallest absolute Gasteiger partial charge is 0.332 e. The van der Waals surface area contributed by atoms with E-state index in [1.165, 1.54) is 11.3 Å². The number of thiazole rings is 1. The standard InChI is InChI=1S/C12H13N3O4S/c16-9(11(17)18)3-4-13-12(19)15-7-1-2-8-10(5-7)20-6-14-8/h1-2,5-6,9,16H,3-4H2,(H,17,18)(H2,13,15,19)/t9-/m0/s1. The van der Waals surface area contributed by atoms with Gasteiger partial charge in [-0.25, -0.2) is 14.6 Å². The number of fused-ring (bicyclic) bond motifs is 1. The third kappa shape index (κ3) is 3.65. The van der Waals surface area contributed by atoms with Gasteiger partial charge in [-0.15, -0.1) is 11.3 Å². The topological polar surface area (TPSA) is 112 Å². The molecule has 4 N–H and O–H groups in total. The van der Waals surface area contributed by atoms with Gasteiger partial charge in [-0.1, -0.05) is 0 Å². The van der Waals surface area contributed by atoms with Crippen molar-refractivity contribution in [2.24, 2.45) is 0 Å². The lowest BCUT2D eigenvalue weighted by Crippen LogP contribution is -2.33. The monoisotopic (exact) mass is 295 g/mol. The molecule has 1 aromatic heterocycles. The molecule has 0 aliphatic rings. The van der Waals surface area contributed by atoms with Gasteiger partial charge in [-0.05, 0) is 18.2 Å². The normalized spacial score (nSPS) is 12.1. The van der Waals surface area contributed by atoms with Crippen LogP contribution in [0.1, 0.15) is 6.42 Å². The van der Waals surface area contributed by atoms with Crippen LogP contribution < -0.4 is 10.6 Å². The molecule has 0 radical (unpaired) electrons. The van der Waals surface area contributed by atoms with E-state index in [1.54, 1.807) is 23.7 Å². The van der Waals surface area contributed by atoms with Crippen LogP contribution in [0.3, 0.4) is 0 Å². The number of aliphatic hydroxyl groups excluding tert-OH is 1. The highest BCUT2D eigenvalue weighted by Gasteiger charge is 2.12. The number of nitrogens with one attached hydrogen (secondary N) is 2. The van der Waals surface area contributed by atoms with Crippen LogP contribution in [0.5, 0.6) is 0 Å². The van der Waals surface area contributed by atoms with Gasteiger partial charge in [-0.2, -0.15) is 0 Å². The first-order valence-corrected chi connectivity index (χ1v) is 6.73. The quantitative estimate of drug-likeness (QED) is 0.663. The number of hydrogen-bond acceptors (Lipinski definition) is 5. The Kier molecular flexibility index (Phi) is 4.49. The van der Waals surface area contributed by atoms with Gasteiger partial charge < -0.3 is 20.8 Å². The first-order valence-electron chi connectivity index (χ1n) is 5.85. The summed E-state index contributed by atoms with van der Waals surface area (Å²) in [5.41, 5.74) is 3.21. The average molecular weight is 295 g/mol. The zero-order valence-corrected chi connectivity index (χ0v) is 11.2. The summed E-state index contributed by atoms with van der Waals surface area (Å²) in [5.74, 6) is -1.30. The van der Waals surface area contributed by atoms with Crippen LogP contribution in [-0.2, 0) is 4.79 Å². The molecule has 0 saturated heterocycles. The van der Waals surface area contributed by atoms with E-state index in [0.717, 1.165) is 10.2 Å². The van der Waals surface area contributed by atoms with Crippen molar-refractivity contribution in [3.8, 4) is 0 Å². The van der Waals surface area contributed by atoms with E-state index in [4.69, 9.17) is 10.2 Å². The van der Waals surface area contributed by atoms with Gasteiger partial charge in [0.25, 0.3) is 0 Å². The number of carbonyl (C=O) groups excluding carboxylic acids is 1. The van der Waals surface area contributed by atoms with Gasteiger partial charge in [0.15, 0.2) is 6.10 Å². The van der Waals surface area contributed by atoms with Crippen molar-refractivity contribution in [2.45, 2.75) is 12.5 Å². The third-order valence-corrected chi connectivity index (χ3v) is 3.37. The SMILES string of the molecule is O=C(NCC[C@H](O)C(=O)O)Nc1ccc2ncsc2c1. The highest BCUT2D eigenvalue weighted by molar-refractivity contribution is 7.16. The predicted molar refractivity (Wildman–Crippen MR) is 74.9 cm³/mol. The number of nitrogens with zero attached hydrogens (tertiary/aromatic N) is 1. The molecule has 2 aromatic rings. The van der Waals surface area contributed by atoms with E-state index >= 15 is 0 Å². The zero-order valence-electron chi connectivity index (χ0n) is 10.4. The summed E-state index contributed by atoms with van der Waals surface area (Å²) in [6.07, 6.45) is -1.51. The number of urea groups is 1. The van der Waals surface area contributed by atoms with Crippen molar-refractivity contribution < 1.29 is 19.8 Å². The summed E-state index contributed by atoms with van der Waals surface area (Å²) in [4.78, 5) is 26.1. The van der Waals surface area contributed by atoms with Gasteiger partial charge in [0.2, 0.25) is 0 Å². The highest BCUT2D eigenvalue weighted by Crippen LogP contribution is 2.21. The minimum absolute atomic E-state index is 0.0450. The summed E-state index contributed by atoms with van der Waals surface area (Å²) in [6.45, 7) is 0.0715. The molecule has 0 unspecified atom stereocenters. The number of aromatic nitrogens is 1. The van der Waals surface area contributed by atoms with Gasteiger partial charge in [-0.3, -0.25) is 0 Å². The number of rotatable bonds is 5. The number of anilines is 1. The number of carboxylic acid groups (broad SMARTS) is 1. The van der Waals surface area contributed by atoms with E-state index in [2.05, 4.69) is 15.6 Å². The van der Waals surface area contributed by atoms with E-state index in [9.17, 15) is 9.59 Å². The summed E-state index contributed by atoms with van der Waals surface area (Å²) in [7, 11) is 0. The molecular formula is C12H13N3O4S. The second-order valence-electron chi connectivity index (χ2n) is 4.06. The Bertz CT molecular complexity index is 628. The maximum Gasteiger partial charge on any atom is 0.332 e. The van der Waals surface area contributed by atoms with Crippen LogP contribution in [0.2, 0.25) is 0 Å². The number of carbonyl (C=O) groups is 2. The number of carboxylic acids is 1. The highest BCUT2D eigenvalue weighted by atomic mass is 32.1. The first-order chi connectivity index (χ1) is 9.56. The first kappa shape index (κ1) is 14.2. The molecule has 2 amide bonds. The Labute approximate surface area is 118 Å². The van der Waals surface area contributed by atoms with Crippen LogP contribution in [-0.4, -0.2) is 39.8 Å². The van der Waals surface area contributed by atoms with Crippen molar-refractivity contribution in [1.82, 2.24) is 10.3 Å². The molecule has 1 aromatic carbocycles. The fourth-order valence-corrected chi connectivity index (χ4v) is 2.27. The van der Waals surface area contributed by atoms with Crippen LogP contribution >= 0.6 is 11.3 Å². The summed E-state index contributed by atoms with van der Waals surface area (Å²) in [5, 5.41) is 22.6. The Morgan fingerprint density at radius 1 is 1.40 bits per heavy atom. The minimum Gasteiger partial charge on any atom is -0.479 e. The largest absolute Gasteiger partial charge is 0.479 e. The molecule has 0 fully saturated rings. The predicted octanol–water partition coefficient (Wildman–Crippen LogP) is 1.25. The molecule has 2 rings (SSSR count). The summed E-state index contributed by atoms with van der Waals surface area (Å²) >= 11 is 1.47. The molecule has 1 atom stereocenters. The average Bonchev–Trinajstić information content (AvgIpc) is 2.85. The minimum atomic E-state index is -1.47. The molecule has 0 aliphatic carbocycles. The van der Waals surface area contributed by atoms with Crippen LogP contribution in [0.15, 0.2) is 23.7 Å². The zero-order chi connectivity index (χ0) is 14.5. The molecule has 8 heteroatoms. The number of hydrogen-bond donors (Lipinski definition) is 4. The Morgan fingerprint density at radius 2 is 2.20 bits per heavy atom. The Morgan fingerprint density at radius 3 is 2.95 bits per heavy atom. The van der Waals surface area contributed by atoms with E-state index in [1.807, 2.05) is 0 Å². The molecule has 0 saturated carbocycles. The molecule has 0 bridgehead atoms. The van der Waals surface area contributed by atoms with Crippen molar-refractivity contribution in [1.29, 1.82) is 0 Å². The molecule has 20 heavy (non-hydrogen) atoms. The molecule has 106 valence electrons. The second-order valence-corrected chi connectivity index (χ2v) is 4.94. The summed E-state index contributed by atoms with van der Waals surface area (Å²) < 4.78 is 0.962. The van der Waals surface area contributed by atoms with E-state index < -0.39 is 18.1 Å². The number of benzene rings is 1. The Hall–Kier alpha value is -2.19. The fraction of sp³-hybridized carbons (Fsp3) is 0.250. The number of aliphatic hydroxyl groups is 1. The van der Waals surface area contributed by atoms with Crippen molar-refractivity contribution in [3.63, 3.8) is 0 Å². The van der Waals surface area contributed by atoms with E-state index in [-0.39, 0.29) is 13.0 Å². The van der Waals surface area contributed by atoms with Gasteiger partial charge >= 0.3 is 12.0 Å². The third-order valence-electron chi connectivity index (χ3n) is 2.58. The van der Waals surface area contributed by atoms with Crippen LogP contribution in [0.25, 0.3) is 10.2 Å². The van der Waals surface area contributed by atoms with Crippen LogP contribution in [0.4, 0.5) is 10.5 Å². The maximum absolute atomic E-state index is 11.6. The van der Waals surface area contributed by atoms with Crippen molar-refractivity contribution in [3.05, 3.63) is 23.7 Å². The lowest BCUT2D eigenvalue weighted by atomic mass is 10.2. The van der Waals surface area contributed by atoms with Crippen molar-refractivity contribution in [2.75, 3.05) is 11.9 Å². The maximum atomic E-state index is 11.6. The van der Waals surface area contributed by atoms with Crippen LogP contribution in [0, 0.1) is 0 Å². The molecule has 1 heterocycles. The molecule has 0 spiro atoms. The number of amides is 2. The second kappa shape index (κ2) is 6.31. The fourth-order valence-electron chi connectivity index (χ4n) is 1.55. The number of aliphatic carboxylic acids is 1. The summed E-state index contributed by atoms with van der Waals surface area (Å²) in [6, 6.07) is 4.88.